The first-order valence-corrected chi connectivity index (χ1v) is 10.2. The molecular formula is C22H18ClN3O2S. The van der Waals surface area contributed by atoms with E-state index in [9.17, 15) is 4.79 Å². The summed E-state index contributed by atoms with van der Waals surface area (Å²) in [6.07, 6.45) is 3.22. The molecule has 0 unspecified atom stereocenters. The second kappa shape index (κ2) is 8.51. The number of halogens is 1. The molecule has 3 heterocycles. The van der Waals surface area contributed by atoms with E-state index in [1.807, 2.05) is 49.4 Å². The lowest BCUT2D eigenvalue weighted by molar-refractivity contribution is 0.0997. The summed E-state index contributed by atoms with van der Waals surface area (Å²) in [6, 6.07) is 18.5. The first-order valence-electron chi connectivity index (χ1n) is 8.98. The summed E-state index contributed by atoms with van der Waals surface area (Å²) in [5.74, 6) is 0.716. The van der Waals surface area contributed by atoms with Crippen molar-refractivity contribution in [2.75, 3.05) is 10.6 Å². The van der Waals surface area contributed by atoms with Crippen LogP contribution in [0.5, 0.6) is 0 Å². The number of benzene rings is 1. The van der Waals surface area contributed by atoms with Crippen molar-refractivity contribution in [3.05, 3.63) is 99.9 Å². The van der Waals surface area contributed by atoms with Crippen LogP contribution in [-0.4, -0.2) is 10.9 Å². The monoisotopic (exact) mass is 423 g/mol. The quantitative estimate of drug-likeness (QED) is 0.390. The highest BCUT2D eigenvalue weighted by atomic mass is 35.5. The first-order chi connectivity index (χ1) is 14.1. The molecule has 0 bridgehead atoms. The Morgan fingerprint density at radius 1 is 1.14 bits per heavy atom. The van der Waals surface area contributed by atoms with Gasteiger partial charge in [-0.15, -0.1) is 11.3 Å². The Balaban J connectivity index is 1.72. The van der Waals surface area contributed by atoms with Gasteiger partial charge in [-0.3, -0.25) is 4.79 Å². The minimum absolute atomic E-state index is 0.223. The van der Waals surface area contributed by atoms with E-state index in [1.54, 1.807) is 18.3 Å². The fraction of sp³-hybridized carbons (Fsp3) is 0.0909. The smallest absolute Gasteiger partial charge is 0.291 e. The van der Waals surface area contributed by atoms with Gasteiger partial charge in [0.25, 0.3) is 5.91 Å². The third-order valence-corrected chi connectivity index (χ3v) is 5.56. The molecule has 0 spiro atoms. The van der Waals surface area contributed by atoms with E-state index in [0.717, 1.165) is 26.8 Å². The average molecular weight is 424 g/mol. The van der Waals surface area contributed by atoms with Gasteiger partial charge in [-0.05, 0) is 55.0 Å². The van der Waals surface area contributed by atoms with E-state index in [4.69, 9.17) is 16.0 Å². The van der Waals surface area contributed by atoms with Gasteiger partial charge in [0.05, 0.1) is 12.3 Å². The van der Waals surface area contributed by atoms with Crippen LogP contribution in [0.25, 0.3) is 0 Å². The number of hydrogen-bond acceptors (Lipinski definition) is 5. The number of carbonyl (C=O) groups is 1. The van der Waals surface area contributed by atoms with Crippen LogP contribution in [0.1, 0.15) is 32.6 Å². The zero-order valence-corrected chi connectivity index (χ0v) is 17.1. The predicted molar refractivity (Wildman–Crippen MR) is 117 cm³/mol. The summed E-state index contributed by atoms with van der Waals surface area (Å²) >= 11 is 7.60. The van der Waals surface area contributed by atoms with E-state index in [1.165, 1.54) is 17.6 Å². The number of furan rings is 1. The van der Waals surface area contributed by atoms with E-state index < -0.39 is 0 Å². The Morgan fingerprint density at radius 2 is 1.97 bits per heavy atom. The van der Waals surface area contributed by atoms with Crippen LogP contribution in [0.3, 0.4) is 0 Å². The standard InChI is InChI=1S/C22H18ClN3O2S/c1-14-13-17(22(29-14)26-21(27)18-5-4-12-28-18)20(15-7-9-16(23)10-8-15)25-19-6-2-3-11-24-19/h2-13,20H,1H3,(H,24,25)(H,26,27)/t20-/m0/s1. The van der Waals surface area contributed by atoms with Crippen molar-refractivity contribution in [3.8, 4) is 0 Å². The van der Waals surface area contributed by atoms with Gasteiger partial charge in [0.15, 0.2) is 5.76 Å². The van der Waals surface area contributed by atoms with Crippen LogP contribution >= 0.6 is 22.9 Å². The van der Waals surface area contributed by atoms with Crippen molar-refractivity contribution in [2.24, 2.45) is 0 Å². The molecule has 1 atom stereocenters. The molecule has 0 aliphatic heterocycles. The normalized spacial score (nSPS) is 11.8. The summed E-state index contributed by atoms with van der Waals surface area (Å²) in [7, 11) is 0. The first kappa shape index (κ1) is 19.2. The van der Waals surface area contributed by atoms with E-state index in [-0.39, 0.29) is 17.7 Å². The fourth-order valence-electron chi connectivity index (χ4n) is 3.01. The Morgan fingerprint density at radius 3 is 2.66 bits per heavy atom. The maximum Gasteiger partial charge on any atom is 0.291 e. The largest absolute Gasteiger partial charge is 0.459 e. The third-order valence-electron chi connectivity index (χ3n) is 4.33. The molecule has 0 aliphatic rings. The number of nitrogens with zero attached hydrogens (tertiary/aromatic N) is 1. The fourth-order valence-corrected chi connectivity index (χ4v) is 4.08. The van der Waals surface area contributed by atoms with E-state index in [2.05, 4.69) is 21.7 Å². The molecule has 0 fully saturated rings. The number of nitrogens with one attached hydrogen (secondary N) is 2. The van der Waals surface area contributed by atoms with Gasteiger partial charge in [-0.1, -0.05) is 29.8 Å². The lowest BCUT2D eigenvalue weighted by Gasteiger charge is -2.21. The second-order valence-corrected chi connectivity index (χ2v) is 8.11. The van der Waals surface area contributed by atoms with Crippen molar-refractivity contribution < 1.29 is 9.21 Å². The number of pyridine rings is 1. The minimum atomic E-state index is -0.286. The van der Waals surface area contributed by atoms with Crippen LogP contribution in [0.2, 0.25) is 5.02 Å². The van der Waals surface area contributed by atoms with Gasteiger partial charge in [0.1, 0.15) is 10.8 Å². The lowest BCUT2D eigenvalue weighted by Crippen LogP contribution is -2.16. The average Bonchev–Trinajstić information content (AvgIpc) is 3.38. The van der Waals surface area contributed by atoms with Crippen LogP contribution in [0.4, 0.5) is 10.8 Å². The van der Waals surface area contributed by atoms with Gasteiger partial charge in [-0.2, -0.15) is 0 Å². The Bertz CT molecular complexity index is 1090. The number of anilines is 2. The maximum atomic E-state index is 12.6. The van der Waals surface area contributed by atoms with E-state index >= 15 is 0 Å². The highest BCUT2D eigenvalue weighted by Crippen LogP contribution is 2.37. The van der Waals surface area contributed by atoms with Crippen molar-refractivity contribution >= 4 is 39.7 Å². The summed E-state index contributed by atoms with van der Waals surface area (Å²) in [6.45, 7) is 2.01. The molecule has 3 aromatic heterocycles. The molecule has 5 nitrogen and oxygen atoms in total. The number of thiophene rings is 1. The molecule has 146 valence electrons. The van der Waals surface area contributed by atoms with Crippen molar-refractivity contribution in [1.29, 1.82) is 0 Å². The zero-order chi connectivity index (χ0) is 20.2. The number of amides is 1. The van der Waals surface area contributed by atoms with Crippen molar-refractivity contribution in [2.45, 2.75) is 13.0 Å². The third kappa shape index (κ3) is 4.50. The number of rotatable bonds is 6. The van der Waals surface area contributed by atoms with Gasteiger partial charge in [0, 0.05) is 21.7 Å². The highest BCUT2D eigenvalue weighted by Gasteiger charge is 2.22. The second-order valence-electron chi connectivity index (χ2n) is 6.42. The summed E-state index contributed by atoms with van der Waals surface area (Å²) in [5, 5.41) is 7.87. The van der Waals surface area contributed by atoms with Gasteiger partial charge >= 0.3 is 0 Å². The van der Waals surface area contributed by atoms with Crippen molar-refractivity contribution in [3.63, 3.8) is 0 Å². The van der Waals surface area contributed by atoms with Crippen molar-refractivity contribution in [1.82, 2.24) is 4.98 Å². The molecule has 7 heteroatoms. The summed E-state index contributed by atoms with van der Waals surface area (Å²) in [4.78, 5) is 18.0. The summed E-state index contributed by atoms with van der Waals surface area (Å²) < 4.78 is 5.22. The van der Waals surface area contributed by atoms with Crippen LogP contribution in [0, 0.1) is 6.92 Å². The number of carbonyl (C=O) groups excluding carboxylic acids is 1. The molecule has 4 aromatic rings. The molecule has 0 saturated heterocycles. The number of hydrogen-bond donors (Lipinski definition) is 2. The molecule has 1 aromatic carbocycles. The Kier molecular flexibility index (Phi) is 5.64. The minimum Gasteiger partial charge on any atom is -0.459 e. The molecule has 1 amide bonds. The molecular weight excluding hydrogens is 406 g/mol. The lowest BCUT2D eigenvalue weighted by atomic mass is 10.00. The molecule has 29 heavy (non-hydrogen) atoms. The Labute approximate surface area is 177 Å². The predicted octanol–water partition coefficient (Wildman–Crippen LogP) is 6.15. The highest BCUT2D eigenvalue weighted by molar-refractivity contribution is 7.16. The molecule has 2 N–H and O–H groups in total. The molecule has 0 saturated carbocycles. The summed E-state index contributed by atoms with van der Waals surface area (Å²) in [5.41, 5.74) is 1.95. The zero-order valence-electron chi connectivity index (χ0n) is 15.6. The van der Waals surface area contributed by atoms with Crippen LogP contribution in [-0.2, 0) is 0 Å². The number of aryl methyl sites for hydroxylation is 1. The van der Waals surface area contributed by atoms with Crippen LogP contribution in [0.15, 0.2) is 77.5 Å². The molecule has 0 radical (unpaired) electrons. The topological polar surface area (TPSA) is 67.2 Å². The van der Waals surface area contributed by atoms with E-state index in [0.29, 0.717) is 5.02 Å². The van der Waals surface area contributed by atoms with Gasteiger partial charge < -0.3 is 15.1 Å². The SMILES string of the molecule is Cc1cc([C@@H](Nc2ccccn2)c2ccc(Cl)cc2)c(NC(=O)c2ccco2)s1. The van der Waals surface area contributed by atoms with Crippen LogP contribution < -0.4 is 10.6 Å². The Hall–Kier alpha value is -3.09. The maximum absolute atomic E-state index is 12.6. The number of aromatic nitrogens is 1. The van der Waals surface area contributed by atoms with Gasteiger partial charge in [0.2, 0.25) is 0 Å². The molecule has 0 aliphatic carbocycles. The molecule has 4 rings (SSSR count). The van der Waals surface area contributed by atoms with Gasteiger partial charge in [-0.25, -0.2) is 4.98 Å².